The number of nitrogens with one attached hydrogen (secondary N) is 1. The number of halogens is 1. The van der Waals surface area contributed by atoms with Gasteiger partial charge in [-0.05, 0) is 18.2 Å². The van der Waals surface area contributed by atoms with Gasteiger partial charge in [0.2, 0.25) is 0 Å². The standard InChI is InChI=1S/C13H11FN2O2/c1-16-7-6-9(8-12(16)17)13(18)15-11-5-3-2-4-10(11)14/h2-8H,1H3,(H,15,18). The van der Waals surface area contributed by atoms with Crippen molar-refractivity contribution >= 4 is 11.6 Å². The van der Waals surface area contributed by atoms with Crippen LogP contribution < -0.4 is 10.9 Å². The third-order valence-electron chi connectivity index (χ3n) is 2.49. The molecule has 2 aromatic rings. The predicted octanol–water partition coefficient (Wildman–Crippen LogP) is 1.78. The lowest BCUT2D eigenvalue weighted by atomic mass is 10.2. The minimum absolute atomic E-state index is 0.0863. The summed E-state index contributed by atoms with van der Waals surface area (Å²) in [7, 11) is 1.58. The van der Waals surface area contributed by atoms with Crippen LogP contribution in [0.3, 0.4) is 0 Å². The lowest BCUT2D eigenvalue weighted by molar-refractivity contribution is 0.102. The summed E-state index contributed by atoms with van der Waals surface area (Å²) in [5, 5.41) is 2.41. The van der Waals surface area contributed by atoms with Crippen molar-refractivity contribution in [1.82, 2.24) is 4.57 Å². The normalized spacial score (nSPS) is 10.1. The SMILES string of the molecule is Cn1ccc(C(=O)Nc2ccccc2F)cc1=O. The van der Waals surface area contributed by atoms with Crippen molar-refractivity contribution in [3.05, 3.63) is 64.3 Å². The average Bonchev–Trinajstić information content (AvgIpc) is 2.35. The molecule has 1 N–H and O–H groups in total. The molecule has 0 saturated heterocycles. The summed E-state index contributed by atoms with van der Waals surface area (Å²) < 4.78 is 14.7. The smallest absolute Gasteiger partial charge is 0.255 e. The molecule has 1 amide bonds. The fourth-order valence-electron chi connectivity index (χ4n) is 1.45. The van der Waals surface area contributed by atoms with Gasteiger partial charge in [0.15, 0.2) is 0 Å². The van der Waals surface area contributed by atoms with Crippen LogP contribution in [0.5, 0.6) is 0 Å². The number of rotatable bonds is 2. The summed E-state index contributed by atoms with van der Waals surface area (Å²) >= 11 is 0. The van der Waals surface area contributed by atoms with E-state index in [1.165, 1.54) is 41.1 Å². The molecule has 2 rings (SSSR count). The second-order valence-electron chi connectivity index (χ2n) is 3.80. The van der Waals surface area contributed by atoms with E-state index < -0.39 is 11.7 Å². The van der Waals surface area contributed by atoms with Gasteiger partial charge in [0.1, 0.15) is 5.82 Å². The van der Waals surface area contributed by atoms with Crippen LogP contribution in [0.25, 0.3) is 0 Å². The Morgan fingerprint density at radius 3 is 2.67 bits per heavy atom. The fraction of sp³-hybridized carbons (Fsp3) is 0.0769. The molecule has 4 nitrogen and oxygen atoms in total. The van der Waals surface area contributed by atoms with Crippen molar-refractivity contribution in [2.24, 2.45) is 7.05 Å². The summed E-state index contributed by atoms with van der Waals surface area (Å²) in [6.07, 6.45) is 1.48. The third kappa shape index (κ3) is 2.45. The lowest BCUT2D eigenvalue weighted by Gasteiger charge is -2.06. The van der Waals surface area contributed by atoms with Crippen LogP contribution in [0, 0.1) is 5.82 Å². The second-order valence-corrected chi connectivity index (χ2v) is 3.80. The van der Waals surface area contributed by atoms with E-state index in [2.05, 4.69) is 5.32 Å². The number of carbonyl (C=O) groups excluding carboxylic acids is 1. The van der Waals surface area contributed by atoms with Gasteiger partial charge in [-0.3, -0.25) is 9.59 Å². The highest BCUT2D eigenvalue weighted by Crippen LogP contribution is 2.13. The number of amides is 1. The Morgan fingerprint density at radius 2 is 2.00 bits per heavy atom. The zero-order valence-electron chi connectivity index (χ0n) is 9.68. The molecule has 0 radical (unpaired) electrons. The number of nitrogens with zero attached hydrogens (tertiary/aromatic N) is 1. The van der Waals surface area contributed by atoms with E-state index in [0.717, 1.165) is 0 Å². The van der Waals surface area contributed by atoms with Crippen LogP contribution in [0.15, 0.2) is 47.4 Å². The van der Waals surface area contributed by atoms with Gasteiger partial charge in [-0.2, -0.15) is 0 Å². The van der Waals surface area contributed by atoms with E-state index in [1.54, 1.807) is 13.1 Å². The third-order valence-corrected chi connectivity index (χ3v) is 2.49. The number of hydrogen-bond acceptors (Lipinski definition) is 2. The molecule has 92 valence electrons. The molecule has 0 saturated carbocycles. The quantitative estimate of drug-likeness (QED) is 0.878. The summed E-state index contributed by atoms with van der Waals surface area (Å²) in [6, 6.07) is 8.55. The Morgan fingerprint density at radius 1 is 1.28 bits per heavy atom. The number of carbonyl (C=O) groups is 1. The Bertz CT molecular complexity index is 649. The molecule has 0 spiro atoms. The van der Waals surface area contributed by atoms with E-state index in [1.807, 2.05) is 0 Å². The highest BCUT2D eigenvalue weighted by molar-refractivity contribution is 6.04. The average molecular weight is 246 g/mol. The molecule has 0 aliphatic heterocycles. The predicted molar refractivity (Wildman–Crippen MR) is 66.0 cm³/mol. The van der Waals surface area contributed by atoms with Crippen LogP contribution in [-0.2, 0) is 7.05 Å². The molecule has 0 atom stereocenters. The molecule has 5 heteroatoms. The molecule has 0 bridgehead atoms. The number of benzene rings is 1. The van der Waals surface area contributed by atoms with Crippen LogP contribution in [0.2, 0.25) is 0 Å². The first-order valence-electron chi connectivity index (χ1n) is 5.30. The first kappa shape index (κ1) is 12.0. The number of anilines is 1. The van der Waals surface area contributed by atoms with Crippen molar-refractivity contribution in [3.8, 4) is 0 Å². The van der Waals surface area contributed by atoms with Crippen molar-refractivity contribution in [1.29, 1.82) is 0 Å². The Labute approximate surface area is 103 Å². The first-order chi connectivity index (χ1) is 8.58. The molecule has 0 aliphatic rings. The topological polar surface area (TPSA) is 51.1 Å². The van der Waals surface area contributed by atoms with Crippen LogP contribution in [0.4, 0.5) is 10.1 Å². The highest BCUT2D eigenvalue weighted by atomic mass is 19.1. The molecule has 1 aromatic carbocycles. The summed E-state index contributed by atoms with van der Waals surface area (Å²) in [5.41, 5.74) is -0.0132. The van der Waals surface area contributed by atoms with Gasteiger partial charge in [0, 0.05) is 24.9 Å². The summed E-state index contributed by atoms with van der Waals surface area (Å²) in [5.74, 6) is -1.03. The number of pyridine rings is 1. The number of hydrogen-bond donors (Lipinski definition) is 1. The van der Waals surface area contributed by atoms with Gasteiger partial charge in [-0.1, -0.05) is 12.1 Å². The maximum absolute atomic E-state index is 13.3. The molecule has 18 heavy (non-hydrogen) atoms. The molecule has 0 fully saturated rings. The second kappa shape index (κ2) is 4.83. The Hall–Kier alpha value is -2.43. The molecule has 1 aromatic heterocycles. The van der Waals surface area contributed by atoms with E-state index in [-0.39, 0.29) is 16.8 Å². The van der Waals surface area contributed by atoms with Crippen molar-refractivity contribution in [3.63, 3.8) is 0 Å². The van der Waals surface area contributed by atoms with Gasteiger partial charge in [-0.15, -0.1) is 0 Å². The summed E-state index contributed by atoms with van der Waals surface area (Å²) in [6.45, 7) is 0. The van der Waals surface area contributed by atoms with Crippen LogP contribution in [0.1, 0.15) is 10.4 Å². The van der Waals surface area contributed by atoms with E-state index in [9.17, 15) is 14.0 Å². The van der Waals surface area contributed by atoms with Gasteiger partial charge < -0.3 is 9.88 Å². The van der Waals surface area contributed by atoms with E-state index in [4.69, 9.17) is 0 Å². The van der Waals surface area contributed by atoms with Crippen LogP contribution >= 0.6 is 0 Å². The maximum Gasteiger partial charge on any atom is 0.255 e. The minimum Gasteiger partial charge on any atom is -0.319 e. The molecular formula is C13H11FN2O2. The molecule has 1 heterocycles. The van der Waals surface area contributed by atoms with Gasteiger partial charge in [0.05, 0.1) is 5.69 Å². The van der Waals surface area contributed by atoms with Crippen LogP contribution in [-0.4, -0.2) is 10.5 Å². The number of para-hydroxylation sites is 1. The van der Waals surface area contributed by atoms with Gasteiger partial charge in [0.25, 0.3) is 11.5 Å². The summed E-state index contributed by atoms with van der Waals surface area (Å²) in [4.78, 5) is 23.2. The molecule has 0 unspecified atom stereocenters. The van der Waals surface area contributed by atoms with Gasteiger partial charge in [-0.25, -0.2) is 4.39 Å². The highest BCUT2D eigenvalue weighted by Gasteiger charge is 2.09. The van der Waals surface area contributed by atoms with Crippen molar-refractivity contribution in [2.75, 3.05) is 5.32 Å². The first-order valence-corrected chi connectivity index (χ1v) is 5.30. The zero-order chi connectivity index (χ0) is 13.1. The number of aryl methyl sites for hydroxylation is 1. The maximum atomic E-state index is 13.3. The van der Waals surface area contributed by atoms with E-state index >= 15 is 0 Å². The largest absolute Gasteiger partial charge is 0.319 e. The fourth-order valence-corrected chi connectivity index (χ4v) is 1.45. The lowest BCUT2D eigenvalue weighted by Crippen LogP contribution is -2.20. The number of aromatic nitrogens is 1. The Kier molecular flexibility index (Phi) is 3.23. The Balaban J connectivity index is 2.25. The minimum atomic E-state index is -0.519. The molecular weight excluding hydrogens is 235 g/mol. The monoisotopic (exact) mass is 246 g/mol. The van der Waals surface area contributed by atoms with Crippen molar-refractivity contribution in [2.45, 2.75) is 0 Å². The zero-order valence-corrected chi connectivity index (χ0v) is 9.68. The van der Waals surface area contributed by atoms with Gasteiger partial charge >= 0.3 is 0 Å². The van der Waals surface area contributed by atoms with E-state index in [0.29, 0.717) is 0 Å². The molecule has 0 aliphatic carbocycles. The van der Waals surface area contributed by atoms with Crippen molar-refractivity contribution < 1.29 is 9.18 Å².